The largest absolute Gasteiger partial charge is 0.460 e. The number of nitro benzene ring substituents is 1. The molecule has 2 aromatic carbocycles. The fraction of sp³-hybridized carbons (Fsp3) is 0.263. The molecule has 2 rings (SSSR count). The van der Waals surface area contributed by atoms with Gasteiger partial charge >= 0.3 is 17.4 Å². The molecule has 0 aliphatic carbocycles. The fourth-order valence-electron chi connectivity index (χ4n) is 2.67. The first-order chi connectivity index (χ1) is 16.8. The first-order valence-corrected chi connectivity index (χ1v) is 11.9. The zero-order valence-corrected chi connectivity index (χ0v) is 19.7. The molecule has 0 radical (unpaired) electrons. The zero-order chi connectivity index (χ0) is 28.4. The summed E-state index contributed by atoms with van der Waals surface area (Å²) in [6, 6.07) is 6.20. The number of hydrogen-bond donors (Lipinski definition) is 2. The zero-order valence-electron chi connectivity index (χ0n) is 18.1. The summed E-state index contributed by atoms with van der Waals surface area (Å²) < 4.78 is 116. The third kappa shape index (κ3) is 7.09. The summed E-state index contributed by atoms with van der Waals surface area (Å²) in [6.07, 6.45) is -6.65. The number of amides is 2. The second-order valence-corrected chi connectivity index (χ2v) is 10.3. The number of carbonyl (C=O) groups is 2. The summed E-state index contributed by atoms with van der Waals surface area (Å²) in [7, 11) is -4.84. The van der Waals surface area contributed by atoms with Gasteiger partial charge in [0, 0.05) is 29.3 Å². The monoisotopic (exact) mass is 577 g/mol. The molecule has 37 heavy (non-hydrogen) atoms. The summed E-state index contributed by atoms with van der Waals surface area (Å²) in [5.41, 5.74) is -1.16. The molecule has 0 aromatic heterocycles. The predicted molar refractivity (Wildman–Crippen MR) is 116 cm³/mol. The molecule has 0 fully saturated rings. The minimum atomic E-state index is -6.65. The van der Waals surface area contributed by atoms with E-state index >= 15 is 0 Å². The summed E-state index contributed by atoms with van der Waals surface area (Å²) >= 11 is -1.36. The number of hydrogen-bond acceptors (Lipinski definition) is 7. The molecule has 0 saturated carbocycles. The quantitative estimate of drug-likeness (QED) is 0.188. The van der Waals surface area contributed by atoms with Crippen LogP contribution in [0.5, 0.6) is 0 Å². The van der Waals surface area contributed by atoms with Gasteiger partial charge in [0.05, 0.1) is 4.92 Å². The van der Waals surface area contributed by atoms with Gasteiger partial charge < -0.3 is 10.6 Å². The van der Waals surface area contributed by atoms with Gasteiger partial charge in [-0.2, -0.15) is 30.7 Å². The van der Waals surface area contributed by atoms with Crippen molar-refractivity contribution in [1.82, 2.24) is 0 Å². The molecule has 0 aliphatic heterocycles. The molecule has 2 N–H and O–H groups in total. The number of benzene rings is 2. The van der Waals surface area contributed by atoms with Crippen LogP contribution in [-0.4, -0.2) is 48.3 Å². The van der Waals surface area contributed by atoms with Crippen molar-refractivity contribution in [3.05, 3.63) is 52.6 Å². The standard InChI is InChI=1S/C19H14F7N3O6S2/c1-10(30)27-11-3-2-4-12(7-11)28-16(31)9-37(34,35)15-6-5-13(8-14(15)29(32)33)36-19(25,26)17(20,21)18(22,23)24/h2-8H,9H2,1H3,(H,27,30)(H,28,31). The molecule has 0 saturated heterocycles. The smallest absolute Gasteiger partial charge is 0.326 e. The Balaban J connectivity index is 2.31. The topological polar surface area (TPSA) is 135 Å². The SMILES string of the molecule is CC(=O)Nc1cccc(NC(=O)CS(=O)(=O)c2ccc(SC(F)(F)C(F)(F)C(F)(F)F)cc2[N+](=O)[O-])c1. The Morgan fingerprint density at radius 1 is 0.973 bits per heavy atom. The van der Waals surface area contributed by atoms with Crippen LogP contribution in [-0.2, 0) is 19.4 Å². The molecule has 0 aliphatic rings. The molecule has 0 bridgehead atoms. The molecule has 202 valence electrons. The molecular formula is C19H14F7N3O6S2. The van der Waals surface area contributed by atoms with Gasteiger partial charge in [0.25, 0.3) is 5.69 Å². The van der Waals surface area contributed by atoms with Gasteiger partial charge in [-0.1, -0.05) is 6.07 Å². The lowest BCUT2D eigenvalue weighted by Crippen LogP contribution is -2.49. The molecule has 0 atom stereocenters. The number of carbonyl (C=O) groups excluding carboxylic acids is 2. The Labute approximate surface area is 207 Å². The van der Waals surface area contributed by atoms with Gasteiger partial charge in [-0.3, -0.25) is 19.7 Å². The average molecular weight is 577 g/mol. The van der Waals surface area contributed by atoms with Crippen LogP contribution in [0.1, 0.15) is 6.92 Å². The second-order valence-electron chi connectivity index (χ2n) is 7.15. The Kier molecular flexibility index (Phi) is 8.48. The molecule has 0 unspecified atom stereocenters. The van der Waals surface area contributed by atoms with E-state index in [1.807, 2.05) is 0 Å². The van der Waals surface area contributed by atoms with Crippen LogP contribution in [0.25, 0.3) is 0 Å². The lowest BCUT2D eigenvalue weighted by molar-refractivity contribution is -0.388. The highest BCUT2D eigenvalue weighted by Gasteiger charge is 2.73. The number of sulfone groups is 1. The van der Waals surface area contributed by atoms with Crippen LogP contribution in [0.4, 0.5) is 47.8 Å². The maximum atomic E-state index is 13.7. The van der Waals surface area contributed by atoms with Crippen LogP contribution in [0.3, 0.4) is 0 Å². The van der Waals surface area contributed by atoms with E-state index in [0.29, 0.717) is 12.1 Å². The van der Waals surface area contributed by atoms with E-state index in [1.54, 1.807) is 0 Å². The number of anilines is 2. The van der Waals surface area contributed by atoms with Crippen molar-refractivity contribution in [2.24, 2.45) is 0 Å². The summed E-state index contributed by atoms with van der Waals surface area (Å²) in [5.74, 6) is -9.56. The Morgan fingerprint density at radius 3 is 2.05 bits per heavy atom. The van der Waals surface area contributed by atoms with Gasteiger partial charge in [0.2, 0.25) is 11.8 Å². The second kappa shape index (κ2) is 10.5. The Bertz CT molecular complexity index is 1330. The van der Waals surface area contributed by atoms with E-state index in [9.17, 15) is 58.9 Å². The van der Waals surface area contributed by atoms with E-state index in [1.165, 1.54) is 31.2 Å². The lowest BCUT2D eigenvalue weighted by atomic mass is 10.2. The lowest BCUT2D eigenvalue weighted by Gasteiger charge is -2.27. The third-order valence-corrected chi connectivity index (χ3v) is 6.88. The highest BCUT2D eigenvalue weighted by Crippen LogP contribution is 2.54. The molecule has 2 aromatic rings. The molecule has 0 spiro atoms. The van der Waals surface area contributed by atoms with Crippen molar-refractivity contribution in [1.29, 1.82) is 0 Å². The number of halogens is 7. The van der Waals surface area contributed by atoms with E-state index in [2.05, 4.69) is 10.6 Å². The summed E-state index contributed by atoms with van der Waals surface area (Å²) in [5, 5.41) is 10.1. The Hall–Kier alpha value is -3.41. The van der Waals surface area contributed by atoms with E-state index in [0.717, 1.165) is 0 Å². The number of nitrogens with one attached hydrogen (secondary N) is 2. The van der Waals surface area contributed by atoms with E-state index < -0.39 is 76.9 Å². The molecule has 18 heteroatoms. The number of thioether (sulfide) groups is 1. The predicted octanol–water partition coefficient (Wildman–Crippen LogP) is 4.85. The number of nitrogens with zero attached hydrogens (tertiary/aromatic N) is 1. The van der Waals surface area contributed by atoms with Crippen molar-refractivity contribution >= 4 is 50.5 Å². The number of alkyl halides is 7. The molecular weight excluding hydrogens is 563 g/mol. The first-order valence-electron chi connectivity index (χ1n) is 9.47. The summed E-state index contributed by atoms with van der Waals surface area (Å²) in [6.45, 7) is 1.21. The van der Waals surface area contributed by atoms with Crippen LogP contribution >= 0.6 is 11.8 Å². The van der Waals surface area contributed by atoms with Crippen LogP contribution < -0.4 is 10.6 Å². The number of rotatable bonds is 9. The minimum absolute atomic E-state index is 0.0283. The average Bonchev–Trinajstić information content (AvgIpc) is 2.71. The molecule has 9 nitrogen and oxygen atoms in total. The van der Waals surface area contributed by atoms with Crippen LogP contribution in [0.15, 0.2) is 52.3 Å². The van der Waals surface area contributed by atoms with Gasteiger partial charge in [-0.05, 0) is 42.1 Å². The normalized spacial score (nSPS) is 12.6. The minimum Gasteiger partial charge on any atom is -0.326 e. The van der Waals surface area contributed by atoms with Crippen LogP contribution in [0.2, 0.25) is 0 Å². The molecule has 0 heterocycles. The van der Waals surface area contributed by atoms with Crippen molar-refractivity contribution in [2.75, 3.05) is 16.4 Å². The fourth-order valence-corrected chi connectivity index (χ4v) is 4.82. The first kappa shape index (κ1) is 29.8. The van der Waals surface area contributed by atoms with Crippen molar-refractivity contribution in [3.8, 4) is 0 Å². The van der Waals surface area contributed by atoms with Gasteiger partial charge in [-0.15, -0.1) is 0 Å². The number of nitro groups is 1. The maximum absolute atomic E-state index is 13.7. The van der Waals surface area contributed by atoms with E-state index in [-0.39, 0.29) is 17.4 Å². The Morgan fingerprint density at radius 2 is 1.54 bits per heavy atom. The van der Waals surface area contributed by atoms with Crippen LogP contribution in [0, 0.1) is 10.1 Å². The highest BCUT2D eigenvalue weighted by atomic mass is 32.2. The van der Waals surface area contributed by atoms with Gasteiger partial charge in [-0.25, -0.2) is 8.42 Å². The highest BCUT2D eigenvalue weighted by molar-refractivity contribution is 8.00. The van der Waals surface area contributed by atoms with Crippen molar-refractivity contribution in [3.63, 3.8) is 0 Å². The van der Waals surface area contributed by atoms with Gasteiger partial charge in [0.15, 0.2) is 9.84 Å². The van der Waals surface area contributed by atoms with Gasteiger partial charge in [0.1, 0.15) is 10.6 Å². The third-order valence-electron chi connectivity index (χ3n) is 4.22. The summed E-state index contributed by atoms with van der Waals surface area (Å²) in [4.78, 5) is 30.9. The van der Waals surface area contributed by atoms with Crippen molar-refractivity contribution in [2.45, 2.75) is 34.1 Å². The van der Waals surface area contributed by atoms with Crippen molar-refractivity contribution < 1.29 is 53.7 Å². The maximum Gasteiger partial charge on any atom is 0.460 e. The van der Waals surface area contributed by atoms with E-state index in [4.69, 9.17) is 0 Å². The molecule has 2 amide bonds.